The van der Waals surface area contributed by atoms with Crippen molar-refractivity contribution in [1.29, 1.82) is 0 Å². The number of carbonyl (C=O) groups excluding carboxylic acids is 1. The van der Waals surface area contributed by atoms with Crippen LogP contribution in [0.1, 0.15) is 35.7 Å². The number of thioether (sulfide) groups is 1. The average molecular weight is 377 g/mol. The van der Waals surface area contributed by atoms with Crippen molar-refractivity contribution in [3.8, 4) is 0 Å². The summed E-state index contributed by atoms with van der Waals surface area (Å²) in [5.74, 6) is 0.0121. The van der Waals surface area contributed by atoms with Crippen molar-refractivity contribution in [2.24, 2.45) is 0 Å². The van der Waals surface area contributed by atoms with Crippen LogP contribution in [0.25, 0.3) is 0 Å². The van der Waals surface area contributed by atoms with E-state index in [1.807, 2.05) is 0 Å². The van der Waals surface area contributed by atoms with E-state index < -0.39 is 16.4 Å². The maximum absolute atomic E-state index is 12.4. The molecule has 0 bridgehead atoms. The third kappa shape index (κ3) is 4.39. The first-order valence-corrected chi connectivity index (χ1v) is 8.91. The maximum atomic E-state index is 12.4. The molecule has 0 saturated heterocycles. The zero-order chi connectivity index (χ0) is 19.3. The highest BCUT2D eigenvalue weighted by molar-refractivity contribution is 7.99. The van der Waals surface area contributed by atoms with Crippen molar-refractivity contribution in [2.75, 3.05) is 16.8 Å². The van der Waals surface area contributed by atoms with E-state index in [2.05, 4.69) is 22.2 Å². The number of benzene rings is 1. The molecule has 0 saturated carbocycles. The largest absolute Gasteiger partial charge is 0.382 e. The highest BCUT2D eigenvalue weighted by Gasteiger charge is 2.20. The number of hydrogen-bond acceptors (Lipinski definition) is 7. The predicted molar refractivity (Wildman–Crippen MR) is 101 cm³/mol. The first kappa shape index (κ1) is 19.4. The van der Waals surface area contributed by atoms with Gasteiger partial charge >= 0.3 is 0 Å². The molecule has 1 amide bonds. The number of nitrogens with one attached hydrogen (secondary N) is 2. The smallest absolute Gasteiger partial charge is 0.277 e. The Morgan fingerprint density at radius 1 is 1.46 bits per heavy atom. The number of carbonyl (C=O) groups is 1. The molecule has 9 nitrogen and oxygen atoms in total. The number of nitrogen functional groups attached to an aromatic ring is 1. The molecular weight excluding hydrogens is 358 g/mol. The van der Waals surface area contributed by atoms with Gasteiger partial charge in [0.05, 0.1) is 4.92 Å². The standard InChI is InChI=1S/C16H19N5O4S/c1-3-4-8-26-16-19-13(17)12(15(23)20-16)18-14(22)10-6-5-7-11(9(10)2)21(24)25/h5-7H,3-4,8H2,1-2H3,(H,18,22)(H3,17,19,20,23). The van der Waals surface area contributed by atoms with E-state index in [-0.39, 0.29) is 28.3 Å². The number of nitrogens with two attached hydrogens (primary N) is 1. The van der Waals surface area contributed by atoms with E-state index in [1.165, 1.54) is 36.9 Å². The predicted octanol–water partition coefficient (Wildman–Crippen LogP) is 2.71. The first-order chi connectivity index (χ1) is 12.3. The van der Waals surface area contributed by atoms with Crippen molar-refractivity contribution in [1.82, 2.24) is 9.97 Å². The third-order valence-corrected chi connectivity index (χ3v) is 4.61. The summed E-state index contributed by atoms with van der Waals surface area (Å²) in [5, 5.41) is 13.8. The van der Waals surface area contributed by atoms with Crippen molar-refractivity contribution in [3.05, 3.63) is 49.8 Å². The molecule has 1 aromatic heterocycles. The Kier molecular flexibility index (Phi) is 6.34. The first-order valence-electron chi connectivity index (χ1n) is 7.93. The zero-order valence-corrected chi connectivity index (χ0v) is 15.2. The number of hydrogen-bond donors (Lipinski definition) is 3. The van der Waals surface area contributed by atoms with Crippen LogP contribution in [0.2, 0.25) is 0 Å². The minimum Gasteiger partial charge on any atom is -0.382 e. The summed E-state index contributed by atoms with van der Waals surface area (Å²) in [6, 6.07) is 4.14. The van der Waals surface area contributed by atoms with Gasteiger partial charge in [-0.3, -0.25) is 24.7 Å². The van der Waals surface area contributed by atoms with Crippen LogP contribution in [0.3, 0.4) is 0 Å². The molecule has 1 heterocycles. The number of aromatic amines is 1. The maximum Gasteiger partial charge on any atom is 0.277 e. The summed E-state index contributed by atoms with van der Waals surface area (Å²) < 4.78 is 0. The van der Waals surface area contributed by atoms with E-state index in [4.69, 9.17) is 5.73 Å². The zero-order valence-electron chi connectivity index (χ0n) is 14.4. The molecule has 0 unspecified atom stereocenters. The number of nitrogens with zero attached hydrogens (tertiary/aromatic N) is 2. The Morgan fingerprint density at radius 3 is 2.81 bits per heavy atom. The van der Waals surface area contributed by atoms with Gasteiger partial charge in [0, 0.05) is 22.9 Å². The van der Waals surface area contributed by atoms with Crippen molar-refractivity contribution in [3.63, 3.8) is 0 Å². The lowest BCUT2D eigenvalue weighted by atomic mass is 10.1. The van der Waals surface area contributed by atoms with Gasteiger partial charge in [-0.1, -0.05) is 31.2 Å². The number of nitro groups is 1. The fourth-order valence-electron chi connectivity index (χ4n) is 2.22. The molecule has 0 aliphatic heterocycles. The number of nitro benzene ring substituents is 1. The summed E-state index contributed by atoms with van der Waals surface area (Å²) in [5.41, 5.74) is 5.15. The number of unbranched alkanes of at least 4 members (excludes halogenated alkanes) is 1. The van der Waals surface area contributed by atoms with Gasteiger partial charge in [-0.2, -0.15) is 0 Å². The van der Waals surface area contributed by atoms with Crippen LogP contribution in [-0.4, -0.2) is 26.6 Å². The highest BCUT2D eigenvalue weighted by atomic mass is 32.2. The molecule has 0 atom stereocenters. The minimum absolute atomic E-state index is 0.0828. The second-order valence-electron chi connectivity index (χ2n) is 5.49. The van der Waals surface area contributed by atoms with Crippen molar-refractivity contribution >= 4 is 34.9 Å². The number of anilines is 2. The van der Waals surface area contributed by atoms with E-state index in [9.17, 15) is 19.7 Å². The van der Waals surface area contributed by atoms with Crippen LogP contribution >= 0.6 is 11.8 Å². The van der Waals surface area contributed by atoms with E-state index >= 15 is 0 Å². The van der Waals surface area contributed by atoms with Crippen LogP contribution in [0.5, 0.6) is 0 Å². The van der Waals surface area contributed by atoms with Crippen molar-refractivity contribution < 1.29 is 9.72 Å². The van der Waals surface area contributed by atoms with Crippen LogP contribution in [-0.2, 0) is 0 Å². The Morgan fingerprint density at radius 2 is 2.19 bits per heavy atom. The average Bonchev–Trinajstić information content (AvgIpc) is 2.58. The molecular formula is C16H19N5O4S. The van der Waals surface area contributed by atoms with E-state index in [0.717, 1.165) is 18.6 Å². The SMILES string of the molecule is CCCCSc1nc(N)c(NC(=O)c2cccc([N+](=O)[O-])c2C)c(=O)[nH]1. The molecule has 1 aromatic carbocycles. The van der Waals surface area contributed by atoms with E-state index in [1.54, 1.807) is 0 Å². The number of aromatic nitrogens is 2. The molecule has 26 heavy (non-hydrogen) atoms. The van der Waals surface area contributed by atoms with Gasteiger partial charge in [-0.25, -0.2) is 4.98 Å². The topological polar surface area (TPSA) is 144 Å². The van der Waals surface area contributed by atoms with Gasteiger partial charge in [0.1, 0.15) is 5.69 Å². The minimum atomic E-state index is -0.670. The van der Waals surface area contributed by atoms with E-state index in [0.29, 0.717) is 5.16 Å². The van der Waals surface area contributed by atoms with Crippen LogP contribution in [0.15, 0.2) is 28.2 Å². The molecule has 0 aliphatic carbocycles. The molecule has 4 N–H and O–H groups in total. The van der Waals surface area contributed by atoms with Crippen molar-refractivity contribution in [2.45, 2.75) is 31.8 Å². The number of rotatable bonds is 7. The second-order valence-corrected chi connectivity index (χ2v) is 6.58. The monoisotopic (exact) mass is 377 g/mol. The second kappa shape index (κ2) is 8.48. The van der Waals surface area contributed by atoms with Gasteiger partial charge in [0.15, 0.2) is 11.0 Å². The van der Waals surface area contributed by atoms with Gasteiger partial charge in [0.25, 0.3) is 17.2 Å². The molecule has 2 rings (SSSR count). The fraction of sp³-hybridized carbons (Fsp3) is 0.312. The fourth-order valence-corrected chi connectivity index (χ4v) is 3.17. The van der Waals surface area contributed by atoms with Crippen LogP contribution < -0.4 is 16.6 Å². The molecule has 0 fully saturated rings. The molecule has 0 aliphatic rings. The van der Waals surface area contributed by atoms with Gasteiger partial charge in [-0.15, -0.1) is 0 Å². The number of amides is 1. The van der Waals surface area contributed by atoms with Crippen LogP contribution in [0.4, 0.5) is 17.2 Å². The summed E-state index contributed by atoms with van der Waals surface area (Å²) in [6.45, 7) is 3.52. The molecule has 0 radical (unpaired) electrons. The quantitative estimate of drug-likeness (QED) is 0.221. The Bertz CT molecular complexity index is 897. The third-order valence-electron chi connectivity index (χ3n) is 3.65. The van der Waals surface area contributed by atoms with Gasteiger partial charge in [-0.05, 0) is 19.4 Å². The lowest BCUT2D eigenvalue weighted by Gasteiger charge is -2.10. The Labute approximate surface area is 153 Å². The summed E-state index contributed by atoms with van der Waals surface area (Å²) in [6.07, 6.45) is 1.99. The molecule has 10 heteroatoms. The van der Waals surface area contributed by atoms with Gasteiger partial charge < -0.3 is 11.1 Å². The molecule has 0 spiro atoms. The Balaban J connectivity index is 2.26. The lowest BCUT2D eigenvalue weighted by Crippen LogP contribution is -2.23. The normalized spacial score (nSPS) is 10.5. The molecule has 2 aromatic rings. The Hall–Kier alpha value is -2.88. The van der Waals surface area contributed by atoms with Gasteiger partial charge in [0.2, 0.25) is 0 Å². The van der Waals surface area contributed by atoms with Crippen LogP contribution in [0, 0.1) is 17.0 Å². The summed E-state index contributed by atoms with van der Waals surface area (Å²) in [7, 11) is 0. The summed E-state index contributed by atoms with van der Waals surface area (Å²) in [4.78, 5) is 41.7. The highest BCUT2D eigenvalue weighted by Crippen LogP contribution is 2.23. The molecule has 138 valence electrons. The summed E-state index contributed by atoms with van der Waals surface area (Å²) >= 11 is 1.37. The number of H-pyrrole nitrogens is 1. The lowest BCUT2D eigenvalue weighted by molar-refractivity contribution is -0.385.